The SMILES string of the molecule is COc1ccccc1C(C#N)CCCOc1c(C)cccc1C. The van der Waals surface area contributed by atoms with Crippen molar-refractivity contribution in [2.45, 2.75) is 32.6 Å². The van der Waals surface area contributed by atoms with Crippen molar-refractivity contribution < 1.29 is 9.47 Å². The van der Waals surface area contributed by atoms with Crippen LogP contribution in [-0.4, -0.2) is 13.7 Å². The maximum atomic E-state index is 9.46. The van der Waals surface area contributed by atoms with Crippen LogP contribution in [0.1, 0.15) is 35.4 Å². The molecule has 0 N–H and O–H groups in total. The minimum absolute atomic E-state index is 0.173. The fourth-order valence-electron chi connectivity index (χ4n) is 2.73. The van der Waals surface area contributed by atoms with E-state index in [-0.39, 0.29) is 5.92 Å². The predicted molar refractivity (Wildman–Crippen MR) is 92.0 cm³/mol. The summed E-state index contributed by atoms with van der Waals surface area (Å²) >= 11 is 0. The third-order valence-electron chi connectivity index (χ3n) is 3.96. The highest BCUT2D eigenvalue weighted by Gasteiger charge is 2.15. The van der Waals surface area contributed by atoms with Crippen molar-refractivity contribution in [2.24, 2.45) is 0 Å². The molecule has 0 amide bonds. The van der Waals surface area contributed by atoms with Gasteiger partial charge in [0.2, 0.25) is 0 Å². The first-order valence-corrected chi connectivity index (χ1v) is 7.89. The largest absolute Gasteiger partial charge is 0.496 e. The summed E-state index contributed by atoms with van der Waals surface area (Å²) in [5.41, 5.74) is 3.24. The first-order chi connectivity index (χ1) is 11.2. The van der Waals surface area contributed by atoms with Crippen molar-refractivity contribution in [3.05, 3.63) is 59.2 Å². The number of para-hydroxylation sites is 2. The Balaban J connectivity index is 1.93. The summed E-state index contributed by atoms with van der Waals surface area (Å²) in [5, 5.41) is 9.46. The highest BCUT2D eigenvalue weighted by molar-refractivity contribution is 5.40. The van der Waals surface area contributed by atoms with Crippen LogP contribution in [0.2, 0.25) is 0 Å². The molecular weight excluding hydrogens is 286 g/mol. The van der Waals surface area contributed by atoms with E-state index < -0.39 is 0 Å². The molecule has 0 spiro atoms. The number of hydrogen-bond donors (Lipinski definition) is 0. The van der Waals surface area contributed by atoms with Crippen molar-refractivity contribution >= 4 is 0 Å². The number of hydrogen-bond acceptors (Lipinski definition) is 3. The van der Waals surface area contributed by atoms with Gasteiger partial charge in [0, 0.05) is 5.56 Å². The molecule has 2 aromatic carbocycles. The van der Waals surface area contributed by atoms with Gasteiger partial charge in [0.05, 0.1) is 25.7 Å². The highest BCUT2D eigenvalue weighted by atomic mass is 16.5. The van der Waals surface area contributed by atoms with Gasteiger partial charge in [-0.3, -0.25) is 0 Å². The Morgan fingerprint density at radius 1 is 1.04 bits per heavy atom. The molecule has 120 valence electrons. The average Bonchev–Trinajstić information content (AvgIpc) is 2.57. The van der Waals surface area contributed by atoms with Gasteiger partial charge < -0.3 is 9.47 Å². The predicted octanol–water partition coefficient (Wildman–Crippen LogP) is 4.78. The first kappa shape index (κ1) is 16.9. The van der Waals surface area contributed by atoms with Crippen LogP contribution in [0, 0.1) is 25.2 Å². The molecule has 0 bridgehead atoms. The Morgan fingerprint density at radius 3 is 2.39 bits per heavy atom. The Morgan fingerprint density at radius 2 is 1.74 bits per heavy atom. The molecule has 0 heterocycles. The van der Waals surface area contributed by atoms with Crippen LogP contribution in [0.15, 0.2) is 42.5 Å². The molecule has 2 aromatic rings. The third-order valence-corrected chi connectivity index (χ3v) is 3.96. The summed E-state index contributed by atoms with van der Waals surface area (Å²) in [4.78, 5) is 0. The fraction of sp³-hybridized carbons (Fsp3) is 0.350. The van der Waals surface area contributed by atoms with E-state index >= 15 is 0 Å². The van der Waals surface area contributed by atoms with Gasteiger partial charge in [-0.25, -0.2) is 0 Å². The number of nitriles is 1. The Hall–Kier alpha value is -2.47. The molecule has 3 heteroatoms. The summed E-state index contributed by atoms with van der Waals surface area (Å²) in [5.74, 6) is 1.56. The lowest BCUT2D eigenvalue weighted by atomic mass is 9.95. The number of aryl methyl sites for hydroxylation is 2. The minimum Gasteiger partial charge on any atom is -0.496 e. The summed E-state index contributed by atoms with van der Waals surface area (Å²) in [6.45, 7) is 4.71. The molecular formula is C20H23NO2. The van der Waals surface area contributed by atoms with Crippen LogP contribution >= 0.6 is 0 Å². The topological polar surface area (TPSA) is 42.2 Å². The van der Waals surface area contributed by atoms with E-state index in [4.69, 9.17) is 9.47 Å². The molecule has 0 aliphatic carbocycles. The van der Waals surface area contributed by atoms with Gasteiger partial charge in [0.25, 0.3) is 0 Å². The molecule has 0 saturated carbocycles. The smallest absolute Gasteiger partial charge is 0.125 e. The van der Waals surface area contributed by atoms with E-state index in [1.165, 1.54) is 0 Å². The Labute approximate surface area is 138 Å². The van der Waals surface area contributed by atoms with Crippen molar-refractivity contribution in [1.29, 1.82) is 5.26 Å². The minimum atomic E-state index is -0.173. The standard InChI is InChI=1S/C20H23NO2/c1-15-8-6-9-16(2)20(15)23-13-7-10-17(14-21)18-11-4-5-12-19(18)22-3/h4-6,8-9,11-12,17H,7,10,13H2,1-3H3. The second-order valence-electron chi connectivity index (χ2n) is 5.64. The monoisotopic (exact) mass is 309 g/mol. The average molecular weight is 309 g/mol. The second kappa shape index (κ2) is 8.24. The maximum absolute atomic E-state index is 9.46. The van der Waals surface area contributed by atoms with Gasteiger partial charge in [0.15, 0.2) is 0 Å². The fourth-order valence-corrected chi connectivity index (χ4v) is 2.73. The maximum Gasteiger partial charge on any atom is 0.125 e. The number of rotatable bonds is 7. The van der Waals surface area contributed by atoms with E-state index in [1.807, 2.05) is 30.3 Å². The van der Waals surface area contributed by atoms with Crippen LogP contribution in [-0.2, 0) is 0 Å². The van der Waals surface area contributed by atoms with E-state index in [2.05, 4.69) is 32.0 Å². The summed E-state index contributed by atoms with van der Waals surface area (Å²) in [6.07, 6.45) is 1.58. The molecule has 1 atom stereocenters. The lowest BCUT2D eigenvalue weighted by Gasteiger charge is -2.15. The van der Waals surface area contributed by atoms with Crippen molar-refractivity contribution in [3.63, 3.8) is 0 Å². The molecule has 0 aromatic heterocycles. The van der Waals surface area contributed by atoms with Crippen molar-refractivity contribution in [2.75, 3.05) is 13.7 Å². The normalized spacial score (nSPS) is 11.6. The molecule has 23 heavy (non-hydrogen) atoms. The molecule has 0 fully saturated rings. The number of methoxy groups -OCH3 is 1. The Bertz CT molecular complexity index is 668. The molecule has 1 unspecified atom stereocenters. The zero-order valence-corrected chi connectivity index (χ0v) is 14.0. The zero-order valence-electron chi connectivity index (χ0n) is 14.0. The number of ether oxygens (including phenoxy) is 2. The van der Waals surface area contributed by atoms with Gasteiger partial charge in [-0.2, -0.15) is 5.26 Å². The van der Waals surface area contributed by atoms with Crippen LogP contribution in [0.25, 0.3) is 0 Å². The number of benzene rings is 2. The quantitative estimate of drug-likeness (QED) is 0.691. The molecule has 0 radical (unpaired) electrons. The van der Waals surface area contributed by atoms with Gasteiger partial charge in [-0.15, -0.1) is 0 Å². The summed E-state index contributed by atoms with van der Waals surface area (Å²) < 4.78 is 11.3. The Kier molecular flexibility index (Phi) is 6.05. The highest BCUT2D eigenvalue weighted by Crippen LogP contribution is 2.29. The van der Waals surface area contributed by atoms with Crippen molar-refractivity contribution in [1.82, 2.24) is 0 Å². The van der Waals surface area contributed by atoms with Crippen LogP contribution in [0.3, 0.4) is 0 Å². The molecule has 2 rings (SSSR count). The summed E-state index contributed by atoms with van der Waals surface area (Å²) in [7, 11) is 1.64. The van der Waals surface area contributed by atoms with Gasteiger partial charge in [0.1, 0.15) is 11.5 Å². The van der Waals surface area contributed by atoms with Gasteiger partial charge >= 0.3 is 0 Å². The molecule has 0 saturated heterocycles. The van der Waals surface area contributed by atoms with Gasteiger partial charge in [-0.05, 0) is 43.9 Å². The summed E-state index contributed by atoms with van der Waals surface area (Å²) in [6, 6.07) is 16.2. The van der Waals surface area contributed by atoms with E-state index in [0.717, 1.165) is 41.0 Å². The van der Waals surface area contributed by atoms with E-state index in [9.17, 15) is 5.26 Å². The molecule has 0 aliphatic rings. The first-order valence-electron chi connectivity index (χ1n) is 7.89. The second-order valence-corrected chi connectivity index (χ2v) is 5.64. The zero-order chi connectivity index (χ0) is 16.7. The lowest BCUT2D eigenvalue weighted by Crippen LogP contribution is -2.04. The van der Waals surface area contributed by atoms with E-state index in [0.29, 0.717) is 6.61 Å². The van der Waals surface area contributed by atoms with E-state index in [1.54, 1.807) is 7.11 Å². The third kappa shape index (κ3) is 4.26. The van der Waals surface area contributed by atoms with Crippen molar-refractivity contribution in [3.8, 4) is 17.6 Å². The van der Waals surface area contributed by atoms with Crippen LogP contribution in [0.5, 0.6) is 11.5 Å². The molecule has 0 aliphatic heterocycles. The van der Waals surface area contributed by atoms with Crippen LogP contribution in [0.4, 0.5) is 0 Å². The van der Waals surface area contributed by atoms with Crippen LogP contribution < -0.4 is 9.47 Å². The molecule has 3 nitrogen and oxygen atoms in total. The lowest BCUT2D eigenvalue weighted by molar-refractivity contribution is 0.300. The van der Waals surface area contributed by atoms with Gasteiger partial charge in [-0.1, -0.05) is 36.4 Å². The number of nitrogens with zero attached hydrogens (tertiary/aromatic N) is 1.